The first kappa shape index (κ1) is 14.4. The van der Waals surface area contributed by atoms with Crippen LogP contribution in [0.3, 0.4) is 0 Å². The van der Waals surface area contributed by atoms with Crippen molar-refractivity contribution in [2.45, 2.75) is 26.2 Å². The van der Waals surface area contributed by atoms with Crippen molar-refractivity contribution >= 4 is 11.8 Å². The van der Waals surface area contributed by atoms with E-state index in [4.69, 9.17) is 4.74 Å². The number of hydrogen-bond donors (Lipinski definition) is 2. The third kappa shape index (κ3) is 3.06. The second-order valence-electron chi connectivity index (χ2n) is 5.37. The molecule has 0 fully saturated rings. The smallest absolute Gasteiger partial charge is 0.146 e. The van der Waals surface area contributed by atoms with Crippen LogP contribution in [0.25, 0.3) is 6.08 Å². The Morgan fingerprint density at radius 3 is 2.91 bits per heavy atom. The van der Waals surface area contributed by atoms with Gasteiger partial charge >= 0.3 is 0 Å². The molecule has 0 amide bonds. The summed E-state index contributed by atoms with van der Waals surface area (Å²) in [5.41, 5.74) is 5.05. The second kappa shape index (κ2) is 6.52. The maximum absolute atomic E-state index is 5.45. The number of nitrogens with one attached hydrogen (secondary N) is 2. The maximum atomic E-state index is 5.45. The molecule has 0 aromatic carbocycles. The van der Waals surface area contributed by atoms with Gasteiger partial charge in [-0.25, -0.2) is 4.99 Å². The average Bonchev–Trinajstić information content (AvgIpc) is 3.26. The molecule has 0 bridgehead atoms. The molecule has 1 aliphatic rings. The Bertz CT molecular complexity index is 717. The van der Waals surface area contributed by atoms with Crippen molar-refractivity contribution in [3.8, 4) is 0 Å². The topological polar surface area (TPSA) is 53.2 Å². The van der Waals surface area contributed by atoms with E-state index in [0.717, 1.165) is 35.0 Å². The lowest BCUT2D eigenvalue weighted by atomic mass is 10.2. The zero-order valence-corrected chi connectivity index (χ0v) is 13.0. The number of aryl methyl sites for hydroxylation is 1. The molecular formula is C18H21N3O. The Morgan fingerprint density at radius 2 is 2.18 bits per heavy atom. The van der Waals surface area contributed by atoms with Crippen molar-refractivity contribution in [1.29, 1.82) is 0 Å². The van der Waals surface area contributed by atoms with Gasteiger partial charge in [0.15, 0.2) is 0 Å². The molecule has 0 spiro atoms. The third-order valence-corrected chi connectivity index (χ3v) is 3.72. The Morgan fingerprint density at radius 1 is 1.27 bits per heavy atom. The van der Waals surface area contributed by atoms with Crippen molar-refractivity contribution in [2.24, 2.45) is 4.99 Å². The summed E-state index contributed by atoms with van der Waals surface area (Å²) >= 11 is 0. The van der Waals surface area contributed by atoms with Gasteiger partial charge < -0.3 is 14.7 Å². The van der Waals surface area contributed by atoms with Gasteiger partial charge in [0, 0.05) is 23.7 Å². The largest absolute Gasteiger partial charge is 0.494 e. The van der Waals surface area contributed by atoms with Crippen molar-refractivity contribution in [1.82, 2.24) is 9.97 Å². The first-order valence-electron chi connectivity index (χ1n) is 7.68. The highest BCUT2D eigenvalue weighted by Crippen LogP contribution is 2.24. The van der Waals surface area contributed by atoms with E-state index in [2.05, 4.69) is 34.0 Å². The fourth-order valence-electron chi connectivity index (χ4n) is 2.51. The minimum absolute atomic E-state index is 0.786. The van der Waals surface area contributed by atoms with Crippen LogP contribution in [0.2, 0.25) is 0 Å². The molecule has 0 aliphatic carbocycles. The van der Waals surface area contributed by atoms with Gasteiger partial charge in [-0.05, 0) is 43.2 Å². The number of hydrogen-bond acceptors (Lipinski definition) is 2. The predicted molar refractivity (Wildman–Crippen MR) is 89.8 cm³/mol. The minimum Gasteiger partial charge on any atom is -0.494 e. The first-order chi connectivity index (χ1) is 10.8. The summed E-state index contributed by atoms with van der Waals surface area (Å²) in [4.78, 5) is 11.3. The van der Waals surface area contributed by atoms with Crippen LogP contribution < -0.4 is 0 Å². The maximum Gasteiger partial charge on any atom is 0.146 e. The number of aromatic amines is 2. The summed E-state index contributed by atoms with van der Waals surface area (Å²) in [5.74, 6) is 0.786. The van der Waals surface area contributed by atoms with E-state index in [9.17, 15) is 0 Å². The van der Waals surface area contributed by atoms with E-state index in [1.165, 1.54) is 18.5 Å². The highest BCUT2D eigenvalue weighted by molar-refractivity contribution is 6.11. The van der Waals surface area contributed by atoms with Gasteiger partial charge in [0.1, 0.15) is 11.5 Å². The highest BCUT2D eigenvalue weighted by Gasteiger charge is 2.17. The van der Waals surface area contributed by atoms with E-state index < -0.39 is 0 Å². The molecule has 2 aromatic heterocycles. The number of H-pyrrole nitrogens is 2. The molecule has 0 saturated heterocycles. The van der Waals surface area contributed by atoms with Crippen molar-refractivity contribution in [2.75, 3.05) is 7.11 Å². The van der Waals surface area contributed by atoms with E-state index in [1.807, 2.05) is 30.5 Å². The Balaban J connectivity index is 1.83. The van der Waals surface area contributed by atoms with E-state index >= 15 is 0 Å². The summed E-state index contributed by atoms with van der Waals surface area (Å²) in [7, 11) is 1.67. The lowest BCUT2D eigenvalue weighted by molar-refractivity contribution is 0.303. The number of nitrogens with zero attached hydrogens (tertiary/aromatic N) is 1. The third-order valence-electron chi connectivity index (χ3n) is 3.72. The summed E-state index contributed by atoms with van der Waals surface area (Å²) in [6.07, 6.45) is 9.37. The number of aliphatic imine (C=N–C) groups is 1. The van der Waals surface area contributed by atoms with Crippen molar-refractivity contribution < 1.29 is 4.74 Å². The fourth-order valence-corrected chi connectivity index (χ4v) is 2.51. The molecule has 2 N–H and O–H groups in total. The van der Waals surface area contributed by atoms with E-state index in [0.29, 0.717) is 0 Å². The van der Waals surface area contributed by atoms with Gasteiger partial charge in [-0.2, -0.15) is 0 Å². The molecule has 0 saturated carbocycles. The zero-order valence-electron chi connectivity index (χ0n) is 13.0. The molecule has 2 aromatic rings. The average molecular weight is 295 g/mol. The summed E-state index contributed by atoms with van der Waals surface area (Å²) in [6.45, 7) is 2.21. The molecule has 3 heterocycles. The van der Waals surface area contributed by atoms with Gasteiger partial charge in [-0.15, -0.1) is 0 Å². The Kier molecular flexibility index (Phi) is 4.28. The zero-order chi connectivity index (χ0) is 15.4. The van der Waals surface area contributed by atoms with Crippen LogP contribution in [0.1, 0.15) is 36.8 Å². The summed E-state index contributed by atoms with van der Waals surface area (Å²) in [5, 5.41) is 0. The Labute approximate surface area is 130 Å². The number of ether oxygens (including phenoxy) is 1. The normalized spacial score (nSPS) is 16.0. The van der Waals surface area contributed by atoms with Crippen LogP contribution in [0.5, 0.6) is 0 Å². The van der Waals surface area contributed by atoms with E-state index in [-0.39, 0.29) is 0 Å². The standard InChI is InChI=1S/C18H21N3O/c1-3-4-6-13-8-9-14(20-13)11-17-18(22-2)12-16(21-17)15-7-5-10-19-15/h5,7-12,19-20H,3-4,6H2,1-2H3/b17-11-. The van der Waals surface area contributed by atoms with Crippen molar-refractivity contribution in [3.05, 3.63) is 65.1 Å². The molecule has 0 unspecified atom stereocenters. The summed E-state index contributed by atoms with van der Waals surface area (Å²) in [6, 6.07) is 8.20. The van der Waals surface area contributed by atoms with Gasteiger partial charge in [0.2, 0.25) is 0 Å². The number of methoxy groups -OCH3 is 1. The summed E-state index contributed by atoms with van der Waals surface area (Å²) < 4.78 is 5.45. The van der Waals surface area contributed by atoms with Crippen LogP contribution in [0.15, 0.2) is 53.0 Å². The SMILES string of the molecule is CCCCc1ccc(/C=C2\N=C(c3ccc[nH]3)C=C2OC)[nH]1. The van der Waals surface area contributed by atoms with Crippen LogP contribution in [0.4, 0.5) is 0 Å². The quantitative estimate of drug-likeness (QED) is 0.829. The number of unbranched alkanes of at least 4 members (excludes halogenated alkanes) is 1. The molecular weight excluding hydrogens is 274 g/mol. The molecule has 4 nitrogen and oxygen atoms in total. The molecule has 0 radical (unpaired) electrons. The fraction of sp³-hybridized carbons (Fsp3) is 0.278. The van der Waals surface area contributed by atoms with Crippen molar-refractivity contribution in [3.63, 3.8) is 0 Å². The van der Waals surface area contributed by atoms with Crippen LogP contribution in [0, 0.1) is 0 Å². The Hall–Kier alpha value is -2.49. The number of allylic oxidation sites excluding steroid dienone is 1. The molecule has 22 heavy (non-hydrogen) atoms. The molecule has 0 atom stereocenters. The first-order valence-corrected chi connectivity index (χ1v) is 7.68. The van der Waals surface area contributed by atoms with Crippen LogP contribution in [-0.4, -0.2) is 22.8 Å². The van der Waals surface area contributed by atoms with Gasteiger partial charge in [0.25, 0.3) is 0 Å². The lowest BCUT2D eigenvalue weighted by Crippen LogP contribution is -1.93. The van der Waals surface area contributed by atoms with Gasteiger partial charge in [-0.3, -0.25) is 0 Å². The molecule has 1 aliphatic heterocycles. The molecule has 4 heteroatoms. The highest BCUT2D eigenvalue weighted by atomic mass is 16.5. The molecule has 3 rings (SSSR count). The minimum atomic E-state index is 0.786. The van der Waals surface area contributed by atoms with E-state index in [1.54, 1.807) is 7.11 Å². The number of rotatable bonds is 6. The van der Waals surface area contributed by atoms with Gasteiger partial charge in [0.05, 0.1) is 18.5 Å². The monoisotopic (exact) mass is 295 g/mol. The van der Waals surface area contributed by atoms with Gasteiger partial charge in [-0.1, -0.05) is 13.3 Å². The van der Waals surface area contributed by atoms with Crippen LogP contribution >= 0.6 is 0 Å². The predicted octanol–water partition coefficient (Wildman–Crippen LogP) is 4.06. The lowest BCUT2D eigenvalue weighted by Gasteiger charge is -2.00. The second-order valence-corrected chi connectivity index (χ2v) is 5.37. The number of aromatic nitrogens is 2. The van der Waals surface area contributed by atoms with Crippen LogP contribution in [-0.2, 0) is 11.2 Å². The molecule has 114 valence electrons.